The summed E-state index contributed by atoms with van der Waals surface area (Å²) >= 11 is 3.02. The number of halogens is 1. The Balaban J connectivity index is 0.000000199. The lowest BCUT2D eigenvalue weighted by Crippen LogP contribution is -2.49. The quantitative estimate of drug-likeness (QED) is 0.0349. The van der Waals surface area contributed by atoms with Crippen LogP contribution in [0.15, 0.2) is 120 Å². The first kappa shape index (κ1) is 89.7. The van der Waals surface area contributed by atoms with Crippen LogP contribution in [-0.2, 0) is 48.8 Å². The fourth-order valence-corrected chi connectivity index (χ4v) is 22.1. The number of nitrogens with two attached hydrogens (primary N) is 1. The van der Waals surface area contributed by atoms with Gasteiger partial charge in [0.1, 0.15) is 68.7 Å². The van der Waals surface area contributed by atoms with E-state index in [1.807, 2.05) is 123 Å². The highest BCUT2D eigenvalue weighted by Crippen LogP contribution is 2.60. The molecule has 25 nitrogen and oxygen atoms in total. The van der Waals surface area contributed by atoms with Crippen molar-refractivity contribution in [2.75, 3.05) is 43.7 Å². The van der Waals surface area contributed by atoms with Gasteiger partial charge < -0.3 is 45.1 Å². The van der Waals surface area contributed by atoms with Gasteiger partial charge in [-0.05, 0) is 196 Å². The molecule has 0 spiro atoms. The van der Waals surface area contributed by atoms with Gasteiger partial charge in [0.25, 0.3) is 0 Å². The van der Waals surface area contributed by atoms with E-state index in [2.05, 4.69) is 53.8 Å². The minimum atomic E-state index is -3.94. The molecule has 0 unspecified atom stereocenters. The number of anilines is 3. The number of nitrogen functional groups attached to an aromatic ring is 1. The molecule has 4 aromatic carbocycles. The Morgan fingerprint density at radius 3 is 1.31 bits per heavy atom. The van der Waals surface area contributed by atoms with E-state index in [-0.39, 0.29) is 98.2 Å². The third kappa shape index (κ3) is 19.0. The standard InChI is InChI=1S/C47H57N5O7S2.C46H56N6O7S2.ClH/c1-28(2)37-27-60-43(50-37)36-23-41(34-18-19-40(58-6)30(4)42(34)49-36)59-33-22-38-39(53)25-47(45(55)51-61(56,57)46(5)20-21-46)24-31(47)12-10-8-7-9-11-13-35(44(54)52(38)26-33)48-32-16-14-29(3)15-17-32;1-27(2)36-26-60-42(50-36)35-22-40(33-17-18-39(58-5)28(3)41(33)49-35)59-32-21-37-38(53)24-46(44(55)51-61(56,57)45(4)19-20-45)23-29(46)11-9-7-6-8-10-12-34(43(54)52(37)25-32)48-31-15-13-30(47)14-16-31;/h10,12,14-19,23,27-28,31,33,35,38,48H,7-9,11,13,20-22,24-26H2,1-6H3,(H,51,55);9,11,13-18,22,26-27,29,32,34,37,48H,6-8,10,12,19-21,23-25,47H2,1-5H3,(H,51,55);1H/b12-10-;11-9-;/t31-,33-,35+,38+,47-;29-,32-,34+,37+,46-;/m11./s1. The number of carbonyl (C=O) groups is 6. The fraction of sp³-hybridized carbons (Fsp3) is 0.505. The zero-order valence-corrected chi connectivity index (χ0v) is 76.0. The summed E-state index contributed by atoms with van der Waals surface area (Å²) in [6, 6.07) is 23.4. The molecule has 8 aliphatic rings. The Labute approximate surface area is 735 Å². The van der Waals surface area contributed by atoms with E-state index in [4.69, 9.17) is 44.6 Å². The van der Waals surface area contributed by atoms with Crippen molar-refractivity contribution in [3.05, 3.63) is 148 Å². The third-order valence-electron chi connectivity index (χ3n) is 26.3. The smallest absolute Gasteiger partial charge is 0.245 e. The predicted octanol–water partition coefficient (Wildman–Crippen LogP) is 16.5. The molecule has 4 aliphatic heterocycles. The summed E-state index contributed by atoms with van der Waals surface area (Å²) in [5.74, 6) is 0.0179. The number of hydrogen-bond donors (Lipinski definition) is 5. The predicted molar refractivity (Wildman–Crippen MR) is 484 cm³/mol. The first-order valence-electron chi connectivity index (χ1n) is 43.0. The van der Waals surface area contributed by atoms with E-state index >= 15 is 0 Å². The lowest BCUT2D eigenvalue weighted by Gasteiger charge is -2.30. The Bertz CT molecular complexity index is 5310. The third-order valence-corrected chi connectivity index (χ3v) is 32.4. The highest BCUT2D eigenvalue weighted by molar-refractivity contribution is 7.92. The van der Waals surface area contributed by atoms with Crippen molar-refractivity contribution in [2.24, 2.45) is 22.7 Å². The van der Waals surface area contributed by atoms with Crippen LogP contribution in [-0.4, -0.2) is 155 Å². The van der Waals surface area contributed by atoms with Crippen molar-refractivity contribution >= 4 is 129 Å². The van der Waals surface area contributed by atoms with Crippen molar-refractivity contribution < 1.29 is 64.6 Å². The SMILES string of the molecule is COc1ccc2c(O[C@@H]3C[C@H]4C(=O)C[C@]5(C(=O)NS(=O)(=O)C6(C)CC6)C[C@H]5/C=C\CCCCC[C@H](Nc5ccc(C)cc5)C(=O)N4C3)cc(-c3nc(C(C)C)cs3)nc2c1C.COc1ccc2c(O[C@@H]3C[C@H]4C(=O)C[C@]5(C(=O)NS(=O)(=O)C6(C)CC6)C[C@H]5/C=C\CCCCC[C@H](Nc5ccc(N)cc5)C(=O)N4C3)cc(-c3nc(C(C)C)cs3)nc2c1C.Cl. The first-order chi connectivity index (χ1) is 58.2. The molecule has 10 atom stereocenters. The molecule has 0 radical (unpaired) electrons. The second-order valence-corrected chi connectivity index (χ2v) is 42.1. The Kier molecular flexibility index (Phi) is 26.4. The number of nitrogens with one attached hydrogen (secondary N) is 4. The molecule has 4 saturated carbocycles. The molecule has 6 fully saturated rings. The number of ketones is 2. The van der Waals surface area contributed by atoms with Crippen molar-refractivity contribution in [1.82, 2.24) is 39.2 Å². The van der Waals surface area contributed by atoms with E-state index in [1.165, 1.54) is 22.7 Å². The van der Waals surface area contributed by atoms with Gasteiger partial charge in [-0.15, -0.1) is 35.1 Å². The number of sulfonamides is 2. The first-order valence-corrected chi connectivity index (χ1v) is 47.8. The van der Waals surface area contributed by atoms with Crippen LogP contribution in [0.3, 0.4) is 0 Å². The van der Waals surface area contributed by atoms with Crippen LogP contribution in [0.5, 0.6) is 23.0 Å². The van der Waals surface area contributed by atoms with E-state index in [9.17, 15) is 45.6 Å². The monoisotopic (exact) mass is 1770 g/mol. The van der Waals surface area contributed by atoms with Gasteiger partial charge >= 0.3 is 0 Å². The Morgan fingerprint density at radius 1 is 0.537 bits per heavy atom. The minimum absolute atomic E-state index is 0. The molecule has 123 heavy (non-hydrogen) atoms. The number of nitrogens with zero attached hydrogens (tertiary/aromatic N) is 6. The maximum atomic E-state index is 15.0. The van der Waals surface area contributed by atoms with Gasteiger partial charge in [-0.1, -0.05) is 95.4 Å². The number of hydrogen-bond acceptors (Lipinski definition) is 23. The van der Waals surface area contributed by atoms with Gasteiger partial charge in [0.05, 0.1) is 82.1 Å². The van der Waals surface area contributed by atoms with Gasteiger partial charge in [0, 0.05) is 87.5 Å². The summed E-state index contributed by atoms with van der Waals surface area (Å²) < 4.78 is 81.2. The molecule has 0 bridgehead atoms. The Morgan fingerprint density at radius 2 is 0.935 bits per heavy atom. The Hall–Kier alpha value is -9.55. The van der Waals surface area contributed by atoms with Gasteiger partial charge in [0.2, 0.25) is 43.7 Å². The molecule has 8 aromatic rings. The van der Waals surface area contributed by atoms with Gasteiger partial charge in [0.15, 0.2) is 11.6 Å². The second-order valence-electron chi connectivity index (χ2n) is 36.0. The summed E-state index contributed by atoms with van der Waals surface area (Å²) in [7, 11) is -4.64. The summed E-state index contributed by atoms with van der Waals surface area (Å²) in [6.07, 6.45) is 17.2. The number of aromatic nitrogens is 4. The molecule has 30 heteroatoms. The molecule has 4 aliphatic carbocycles. The summed E-state index contributed by atoms with van der Waals surface area (Å²) in [5.41, 5.74) is 13.1. The number of ether oxygens (including phenoxy) is 4. The van der Waals surface area contributed by atoms with E-state index in [1.54, 1.807) is 50.0 Å². The topological polar surface area (TPSA) is 340 Å². The van der Waals surface area contributed by atoms with Crippen LogP contribution in [0, 0.1) is 43.4 Å². The van der Waals surface area contributed by atoms with Crippen molar-refractivity contribution in [3.63, 3.8) is 0 Å². The summed E-state index contributed by atoms with van der Waals surface area (Å²) in [6.45, 7) is 17.8. The van der Waals surface area contributed by atoms with Crippen LogP contribution in [0.2, 0.25) is 0 Å². The van der Waals surface area contributed by atoms with E-state index in [0.717, 1.165) is 112 Å². The largest absolute Gasteiger partial charge is 0.496 e. The van der Waals surface area contributed by atoms with Gasteiger partial charge in [-0.25, -0.2) is 36.8 Å². The summed E-state index contributed by atoms with van der Waals surface area (Å²) in [5, 5.41) is 14.0. The lowest BCUT2D eigenvalue weighted by molar-refractivity contribution is -0.140. The minimum Gasteiger partial charge on any atom is -0.496 e. The second kappa shape index (κ2) is 36.2. The van der Waals surface area contributed by atoms with Crippen LogP contribution in [0.25, 0.3) is 43.2 Å². The molecular weight excluding hydrogens is 1660 g/mol. The van der Waals surface area contributed by atoms with Crippen LogP contribution in [0.4, 0.5) is 17.1 Å². The average Bonchev–Trinajstić information content (AvgIpc) is 1.57. The maximum absolute atomic E-state index is 15.0. The van der Waals surface area contributed by atoms with E-state index < -0.39 is 88.6 Å². The number of amides is 4. The average molecular weight is 1770 g/mol. The number of benzene rings is 4. The van der Waals surface area contributed by atoms with Gasteiger partial charge in [-0.3, -0.25) is 38.2 Å². The molecule has 4 amide bonds. The molecule has 4 aromatic heterocycles. The number of rotatable bonds is 20. The molecule has 8 heterocycles. The molecule has 2 saturated heterocycles. The summed E-state index contributed by atoms with van der Waals surface area (Å²) in [4.78, 5) is 111. The van der Waals surface area contributed by atoms with Crippen LogP contribution >= 0.6 is 35.1 Å². The molecule has 6 N–H and O–H groups in total. The zero-order valence-electron chi connectivity index (χ0n) is 71.9. The number of allylic oxidation sites excluding steroid dienone is 4. The lowest BCUT2D eigenvalue weighted by atomic mass is 9.91. The highest BCUT2D eigenvalue weighted by Gasteiger charge is 2.65. The van der Waals surface area contributed by atoms with Crippen molar-refractivity contribution in [1.29, 1.82) is 0 Å². The number of thiazole rings is 2. The number of pyridine rings is 2. The molecular formula is C93H114ClN11O14S4. The normalized spacial score (nSPS) is 25.6. The zero-order chi connectivity index (χ0) is 86.5. The molecule has 16 rings (SSSR count). The van der Waals surface area contributed by atoms with Crippen LogP contribution < -0.4 is 44.8 Å². The maximum Gasteiger partial charge on any atom is 0.245 e. The number of methoxy groups -OCH3 is 2. The van der Waals surface area contributed by atoms with Crippen LogP contribution in [0.1, 0.15) is 210 Å². The number of fused-ring (bicyclic) bond motifs is 6. The number of Topliss-reactive ketones (excluding diaryl/α,β-unsaturated/α-hetero) is 2. The van der Waals surface area contributed by atoms with E-state index in [0.29, 0.717) is 102 Å². The van der Waals surface area contributed by atoms with Crippen molar-refractivity contribution in [2.45, 2.75) is 248 Å². The van der Waals surface area contributed by atoms with Crippen molar-refractivity contribution in [3.8, 4) is 44.4 Å². The number of aryl methyl sites for hydroxylation is 3. The highest BCUT2D eigenvalue weighted by atomic mass is 35.5. The number of carbonyl (C=O) groups excluding carboxylic acids is 6. The fourth-order valence-electron chi connectivity index (χ4n) is 17.5. The molecule has 656 valence electrons. The van der Waals surface area contributed by atoms with Gasteiger partial charge in [-0.2, -0.15) is 0 Å².